The molecule has 1 aliphatic heterocycles. The number of nitrogens with zero attached hydrogens (tertiary/aromatic N) is 3. The Hall–Kier alpha value is -1.66. The highest BCUT2D eigenvalue weighted by atomic mass is 32.2. The Morgan fingerprint density at radius 1 is 1.21 bits per heavy atom. The summed E-state index contributed by atoms with van der Waals surface area (Å²) in [6, 6.07) is 10.5. The number of benzene rings is 1. The van der Waals surface area contributed by atoms with E-state index < -0.39 is 9.84 Å². The number of rotatable bonds is 6. The van der Waals surface area contributed by atoms with Crippen LogP contribution in [-0.2, 0) is 22.9 Å². The Balaban J connectivity index is 1.61. The molecule has 0 spiro atoms. The molecule has 3 rings (SSSR count). The van der Waals surface area contributed by atoms with Gasteiger partial charge >= 0.3 is 0 Å². The maximum atomic E-state index is 11.5. The Labute approximate surface area is 144 Å². The van der Waals surface area contributed by atoms with Crippen molar-refractivity contribution in [3.8, 4) is 0 Å². The van der Waals surface area contributed by atoms with Gasteiger partial charge in [0, 0.05) is 31.7 Å². The molecule has 130 valence electrons. The van der Waals surface area contributed by atoms with Crippen LogP contribution in [0.1, 0.15) is 24.0 Å². The van der Waals surface area contributed by atoms with E-state index in [2.05, 4.69) is 34.3 Å². The van der Waals surface area contributed by atoms with Gasteiger partial charge in [-0.3, -0.25) is 9.58 Å². The largest absolute Gasteiger partial charge is 0.299 e. The van der Waals surface area contributed by atoms with Gasteiger partial charge in [-0.25, -0.2) is 8.42 Å². The molecule has 1 aromatic heterocycles. The fraction of sp³-hybridized carbons (Fsp3) is 0.500. The average Bonchev–Trinajstić information content (AvgIpc) is 2.99. The van der Waals surface area contributed by atoms with E-state index in [4.69, 9.17) is 0 Å². The van der Waals surface area contributed by atoms with E-state index in [0.29, 0.717) is 5.75 Å². The van der Waals surface area contributed by atoms with E-state index >= 15 is 0 Å². The molecule has 2 aromatic rings. The molecule has 0 bridgehead atoms. The molecule has 0 saturated carbocycles. The van der Waals surface area contributed by atoms with Crippen LogP contribution in [0.25, 0.3) is 0 Å². The number of sulfone groups is 1. The lowest BCUT2D eigenvalue weighted by molar-refractivity contribution is 0.178. The molecule has 2 heterocycles. The minimum Gasteiger partial charge on any atom is -0.299 e. The molecular formula is C18H25N3O2S. The molecule has 1 saturated heterocycles. The van der Waals surface area contributed by atoms with Crippen LogP contribution >= 0.6 is 0 Å². The maximum Gasteiger partial charge on any atom is 0.147 e. The Morgan fingerprint density at radius 2 is 2.00 bits per heavy atom. The van der Waals surface area contributed by atoms with E-state index in [9.17, 15) is 8.42 Å². The van der Waals surface area contributed by atoms with Crippen LogP contribution in [0, 0.1) is 5.92 Å². The maximum absolute atomic E-state index is 11.5. The average molecular weight is 347 g/mol. The second-order valence-corrected chi connectivity index (χ2v) is 9.04. The van der Waals surface area contributed by atoms with Crippen LogP contribution < -0.4 is 0 Å². The van der Waals surface area contributed by atoms with Crippen LogP contribution in [0.2, 0.25) is 0 Å². The molecule has 5 nitrogen and oxygen atoms in total. The third-order valence-corrected chi connectivity index (χ3v) is 5.52. The van der Waals surface area contributed by atoms with Crippen molar-refractivity contribution in [3.05, 3.63) is 53.9 Å². The molecule has 1 atom stereocenters. The number of hydrogen-bond acceptors (Lipinski definition) is 4. The van der Waals surface area contributed by atoms with Crippen molar-refractivity contribution in [2.45, 2.75) is 25.9 Å². The fourth-order valence-electron chi connectivity index (χ4n) is 3.52. The van der Waals surface area contributed by atoms with Gasteiger partial charge < -0.3 is 0 Å². The number of hydrogen-bond donors (Lipinski definition) is 0. The standard InChI is InChI=1S/C18H25N3O2S/c1-24(22,23)15-18-7-3-9-20(13-18)12-16-5-2-6-17(11-16)14-21-10-4-8-19-21/h2,4-6,8,10-11,18H,3,7,9,12-15H2,1H3/t18-/m1/s1. The second kappa shape index (κ2) is 7.49. The van der Waals surface area contributed by atoms with Gasteiger partial charge in [-0.15, -0.1) is 0 Å². The number of aromatic nitrogens is 2. The minimum atomic E-state index is -2.89. The van der Waals surface area contributed by atoms with Crippen LogP contribution in [-0.4, -0.2) is 48.2 Å². The highest BCUT2D eigenvalue weighted by Crippen LogP contribution is 2.20. The molecule has 0 aliphatic carbocycles. The Kier molecular flexibility index (Phi) is 5.36. The quantitative estimate of drug-likeness (QED) is 0.804. The van der Waals surface area contributed by atoms with Crippen molar-refractivity contribution in [1.82, 2.24) is 14.7 Å². The first-order valence-corrected chi connectivity index (χ1v) is 10.5. The zero-order valence-corrected chi connectivity index (χ0v) is 15.0. The van der Waals surface area contributed by atoms with Gasteiger partial charge in [0.2, 0.25) is 0 Å². The fourth-order valence-corrected chi connectivity index (χ4v) is 4.65. The van der Waals surface area contributed by atoms with Gasteiger partial charge in [0.25, 0.3) is 0 Å². The number of likely N-dealkylation sites (tertiary alicyclic amines) is 1. The van der Waals surface area contributed by atoms with Crippen molar-refractivity contribution in [2.75, 3.05) is 25.1 Å². The van der Waals surface area contributed by atoms with Crippen LogP contribution in [0.4, 0.5) is 0 Å². The third-order valence-electron chi connectivity index (χ3n) is 4.44. The summed E-state index contributed by atoms with van der Waals surface area (Å²) in [5.41, 5.74) is 2.51. The molecule has 6 heteroatoms. The summed E-state index contributed by atoms with van der Waals surface area (Å²) in [6.07, 6.45) is 7.19. The summed E-state index contributed by atoms with van der Waals surface area (Å²) in [7, 11) is -2.89. The monoisotopic (exact) mass is 347 g/mol. The lowest BCUT2D eigenvalue weighted by Gasteiger charge is -2.32. The van der Waals surface area contributed by atoms with E-state index in [0.717, 1.165) is 39.0 Å². The molecule has 0 radical (unpaired) electrons. The highest BCUT2D eigenvalue weighted by molar-refractivity contribution is 7.90. The van der Waals surface area contributed by atoms with Gasteiger partial charge in [0.05, 0.1) is 12.3 Å². The summed E-state index contributed by atoms with van der Waals surface area (Å²) in [4.78, 5) is 2.38. The van der Waals surface area contributed by atoms with Gasteiger partial charge in [0.15, 0.2) is 0 Å². The Bertz CT molecular complexity index is 756. The zero-order valence-electron chi connectivity index (χ0n) is 14.1. The summed E-state index contributed by atoms with van der Waals surface area (Å²) < 4.78 is 25.0. The first-order chi connectivity index (χ1) is 11.5. The predicted octanol–water partition coefficient (Wildman–Crippen LogP) is 2.19. The first kappa shape index (κ1) is 17.2. The third kappa shape index (κ3) is 5.18. The molecule has 0 unspecified atom stereocenters. The first-order valence-electron chi connectivity index (χ1n) is 8.43. The van der Waals surface area contributed by atoms with Gasteiger partial charge in [-0.05, 0) is 42.5 Å². The molecular weight excluding hydrogens is 322 g/mol. The van der Waals surface area contributed by atoms with Crippen molar-refractivity contribution in [1.29, 1.82) is 0 Å². The zero-order chi connectivity index (χ0) is 17.0. The van der Waals surface area contributed by atoms with Gasteiger partial charge in [-0.1, -0.05) is 24.3 Å². The lowest BCUT2D eigenvalue weighted by atomic mass is 9.99. The Morgan fingerprint density at radius 3 is 2.71 bits per heavy atom. The molecule has 1 aliphatic rings. The highest BCUT2D eigenvalue weighted by Gasteiger charge is 2.23. The second-order valence-electron chi connectivity index (χ2n) is 6.86. The molecule has 0 amide bonds. The summed E-state index contributed by atoms with van der Waals surface area (Å²) >= 11 is 0. The molecule has 24 heavy (non-hydrogen) atoms. The van der Waals surface area contributed by atoms with Crippen molar-refractivity contribution in [3.63, 3.8) is 0 Å². The smallest absolute Gasteiger partial charge is 0.147 e. The topological polar surface area (TPSA) is 55.2 Å². The van der Waals surface area contributed by atoms with E-state index in [-0.39, 0.29) is 5.92 Å². The van der Waals surface area contributed by atoms with Crippen LogP contribution in [0.15, 0.2) is 42.7 Å². The van der Waals surface area contributed by atoms with E-state index in [1.165, 1.54) is 17.4 Å². The SMILES string of the molecule is CS(=O)(=O)C[C@@H]1CCCN(Cc2cccc(Cn3cccn3)c2)C1. The molecule has 1 aromatic carbocycles. The van der Waals surface area contributed by atoms with Crippen molar-refractivity contribution < 1.29 is 8.42 Å². The predicted molar refractivity (Wildman–Crippen MR) is 95.5 cm³/mol. The van der Waals surface area contributed by atoms with Crippen molar-refractivity contribution >= 4 is 9.84 Å². The minimum absolute atomic E-state index is 0.265. The summed E-state index contributed by atoms with van der Waals surface area (Å²) in [6.45, 7) is 3.57. The van der Waals surface area contributed by atoms with Crippen molar-refractivity contribution in [2.24, 2.45) is 5.92 Å². The lowest BCUT2D eigenvalue weighted by Crippen LogP contribution is -2.37. The summed E-state index contributed by atoms with van der Waals surface area (Å²) in [5.74, 6) is 0.573. The van der Waals surface area contributed by atoms with E-state index in [1.54, 1.807) is 6.20 Å². The molecule has 1 fully saturated rings. The van der Waals surface area contributed by atoms with Gasteiger partial charge in [0.1, 0.15) is 9.84 Å². The normalized spacial score (nSPS) is 19.5. The van der Waals surface area contributed by atoms with Crippen LogP contribution in [0.3, 0.4) is 0 Å². The number of piperidine rings is 1. The van der Waals surface area contributed by atoms with Gasteiger partial charge in [-0.2, -0.15) is 5.10 Å². The summed E-state index contributed by atoms with van der Waals surface area (Å²) in [5, 5.41) is 4.25. The molecule has 0 N–H and O–H groups in total. The van der Waals surface area contributed by atoms with E-state index in [1.807, 2.05) is 16.9 Å². The van der Waals surface area contributed by atoms with Crippen LogP contribution in [0.5, 0.6) is 0 Å².